The Bertz CT molecular complexity index is 731. The van der Waals surface area contributed by atoms with E-state index in [-0.39, 0.29) is 10.8 Å². The molecule has 1 N–H and O–H groups in total. The van der Waals surface area contributed by atoms with Gasteiger partial charge >= 0.3 is 0 Å². The van der Waals surface area contributed by atoms with E-state index in [1.807, 2.05) is 6.07 Å². The highest BCUT2D eigenvalue weighted by Gasteiger charge is 2.32. The fraction of sp³-hybridized carbons (Fsp3) is 0.400. The molecule has 0 amide bonds. The van der Waals surface area contributed by atoms with Crippen LogP contribution in [0.2, 0.25) is 0 Å². The first-order chi connectivity index (χ1) is 10.6. The SMILES string of the molecule is O=S(=O)(c1ccccc1F)N1CCC[C@@H](Cc2ccn[nH]2)C1. The summed E-state index contributed by atoms with van der Waals surface area (Å²) < 4.78 is 40.5. The van der Waals surface area contributed by atoms with Gasteiger partial charge in [0.1, 0.15) is 10.7 Å². The number of rotatable bonds is 4. The molecule has 0 radical (unpaired) electrons. The second kappa shape index (κ2) is 6.18. The van der Waals surface area contributed by atoms with Gasteiger partial charge in [0.25, 0.3) is 0 Å². The van der Waals surface area contributed by atoms with Gasteiger partial charge in [0.05, 0.1) is 0 Å². The van der Waals surface area contributed by atoms with E-state index in [0.717, 1.165) is 25.0 Å². The molecular formula is C15H18FN3O2S. The summed E-state index contributed by atoms with van der Waals surface area (Å²) in [5, 5.41) is 6.81. The molecule has 22 heavy (non-hydrogen) atoms. The Hall–Kier alpha value is -1.73. The van der Waals surface area contributed by atoms with Gasteiger partial charge in [0.2, 0.25) is 10.0 Å². The zero-order valence-electron chi connectivity index (χ0n) is 12.1. The van der Waals surface area contributed by atoms with Gasteiger partial charge in [-0.25, -0.2) is 12.8 Å². The molecule has 0 bridgehead atoms. The first-order valence-electron chi connectivity index (χ1n) is 7.30. The van der Waals surface area contributed by atoms with Crippen molar-refractivity contribution in [2.24, 2.45) is 5.92 Å². The number of aromatic nitrogens is 2. The Kier molecular flexibility index (Phi) is 4.26. The van der Waals surface area contributed by atoms with E-state index < -0.39 is 15.8 Å². The first kappa shape index (κ1) is 15.2. The van der Waals surface area contributed by atoms with Crippen LogP contribution in [0.3, 0.4) is 0 Å². The summed E-state index contributed by atoms with van der Waals surface area (Å²) in [6.45, 7) is 0.853. The van der Waals surface area contributed by atoms with Gasteiger partial charge in [-0.2, -0.15) is 9.40 Å². The number of piperidine rings is 1. The normalized spacial score (nSPS) is 20.1. The molecule has 118 valence electrons. The Labute approximate surface area is 129 Å². The molecule has 1 atom stereocenters. The van der Waals surface area contributed by atoms with Crippen molar-refractivity contribution in [3.63, 3.8) is 0 Å². The average Bonchev–Trinajstić information content (AvgIpc) is 3.01. The van der Waals surface area contributed by atoms with Gasteiger partial charge in [0, 0.05) is 25.0 Å². The molecule has 1 aromatic heterocycles. The third-order valence-electron chi connectivity index (χ3n) is 4.00. The molecule has 2 heterocycles. The highest BCUT2D eigenvalue weighted by molar-refractivity contribution is 7.89. The molecule has 0 aliphatic carbocycles. The molecule has 1 aliphatic rings. The third kappa shape index (κ3) is 3.05. The summed E-state index contributed by atoms with van der Waals surface area (Å²) in [5.74, 6) is -0.478. The van der Waals surface area contributed by atoms with Gasteiger partial charge in [0.15, 0.2) is 0 Å². The van der Waals surface area contributed by atoms with Crippen molar-refractivity contribution in [2.45, 2.75) is 24.2 Å². The Balaban J connectivity index is 1.78. The molecule has 0 unspecified atom stereocenters. The number of sulfonamides is 1. The lowest BCUT2D eigenvalue weighted by molar-refractivity contribution is 0.263. The highest BCUT2D eigenvalue weighted by Crippen LogP contribution is 2.26. The quantitative estimate of drug-likeness (QED) is 0.938. The second-order valence-corrected chi connectivity index (χ2v) is 7.49. The number of benzene rings is 1. The first-order valence-corrected chi connectivity index (χ1v) is 8.74. The molecule has 1 aromatic carbocycles. The third-order valence-corrected chi connectivity index (χ3v) is 5.90. The van der Waals surface area contributed by atoms with E-state index in [4.69, 9.17) is 0 Å². The minimum absolute atomic E-state index is 0.218. The van der Waals surface area contributed by atoms with Gasteiger partial charge in [-0.05, 0) is 43.4 Å². The van der Waals surface area contributed by atoms with E-state index in [2.05, 4.69) is 10.2 Å². The van der Waals surface area contributed by atoms with Crippen LogP contribution in [0.25, 0.3) is 0 Å². The number of halogens is 1. The van der Waals surface area contributed by atoms with E-state index in [9.17, 15) is 12.8 Å². The summed E-state index contributed by atoms with van der Waals surface area (Å²) in [7, 11) is -3.77. The summed E-state index contributed by atoms with van der Waals surface area (Å²) in [4.78, 5) is -0.239. The van der Waals surface area contributed by atoms with E-state index in [1.165, 1.54) is 22.5 Å². The Morgan fingerprint density at radius 2 is 2.14 bits per heavy atom. The van der Waals surface area contributed by atoms with Crippen LogP contribution in [0, 0.1) is 11.7 Å². The second-order valence-electron chi connectivity index (χ2n) is 5.59. The highest BCUT2D eigenvalue weighted by atomic mass is 32.2. The minimum Gasteiger partial charge on any atom is -0.283 e. The fourth-order valence-electron chi connectivity index (χ4n) is 2.91. The Morgan fingerprint density at radius 3 is 2.86 bits per heavy atom. The summed E-state index contributed by atoms with van der Waals surface area (Å²) >= 11 is 0. The number of nitrogens with zero attached hydrogens (tertiary/aromatic N) is 2. The lowest BCUT2D eigenvalue weighted by atomic mass is 9.95. The zero-order valence-corrected chi connectivity index (χ0v) is 12.9. The van der Waals surface area contributed by atoms with Crippen LogP contribution in [0.5, 0.6) is 0 Å². The van der Waals surface area contributed by atoms with Crippen LogP contribution < -0.4 is 0 Å². The van der Waals surface area contributed by atoms with Gasteiger partial charge in [-0.15, -0.1) is 0 Å². The lowest BCUT2D eigenvalue weighted by Crippen LogP contribution is -2.40. The molecule has 2 aromatic rings. The number of nitrogens with one attached hydrogen (secondary N) is 1. The molecule has 1 aliphatic heterocycles. The summed E-state index contributed by atoms with van der Waals surface area (Å²) in [6, 6.07) is 7.43. The predicted octanol–water partition coefficient (Wildman–Crippen LogP) is 2.19. The zero-order chi connectivity index (χ0) is 15.6. The maximum absolute atomic E-state index is 13.8. The predicted molar refractivity (Wildman–Crippen MR) is 80.2 cm³/mol. The van der Waals surface area contributed by atoms with Crippen molar-refractivity contribution < 1.29 is 12.8 Å². The van der Waals surface area contributed by atoms with Crippen molar-refractivity contribution in [1.82, 2.24) is 14.5 Å². The Morgan fingerprint density at radius 1 is 1.32 bits per heavy atom. The standard InChI is InChI=1S/C15H18FN3O2S/c16-14-5-1-2-6-15(14)22(20,21)19-9-3-4-12(11-19)10-13-7-8-17-18-13/h1-2,5-8,12H,3-4,9-11H2,(H,17,18)/t12-/m0/s1. The largest absolute Gasteiger partial charge is 0.283 e. The van der Waals surface area contributed by atoms with Crippen LogP contribution in [0.4, 0.5) is 4.39 Å². The van der Waals surface area contributed by atoms with Crippen LogP contribution in [0.1, 0.15) is 18.5 Å². The molecule has 1 saturated heterocycles. The maximum atomic E-state index is 13.8. The monoisotopic (exact) mass is 323 g/mol. The van der Waals surface area contributed by atoms with Crippen LogP contribution in [-0.2, 0) is 16.4 Å². The van der Waals surface area contributed by atoms with Crippen molar-refractivity contribution >= 4 is 10.0 Å². The van der Waals surface area contributed by atoms with Crippen molar-refractivity contribution in [1.29, 1.82) is 0 Å². The molecule has 1 fully saturated rings. The molecule has 3 rings (SSSR count). The van der Waals surface area contributed by atoms with Crippen LogP contribution in [-0.4, -0.2) is 36.0 Å². The minimum atomic E-state index is -3.77. The van der Waals surface area contributed by atoms with Crippen LogP contribution in [0.15, 0.2) is 41.4 Å². The number of hydrogen-bond acceptors (Lipinski definition) is 3. The molecular weight excluding hydrogens is 305 g/mol. The topological polar surface area (TPSA) is 66.1 Å². The summed E-state index contributed by atoms with van der Waals surface area (Å²) in [6.07, 6.45) is 4.18. The van der Waals surface area contributed by atoms with Gasteiger partial charge in [-0.1, -0.05) is 12.1 Å². The average molecular weight is 323 g/mol. The molecule has 0 spiro atoms. The van der Waals surface area contributed by atoms with Crippen molar-refractivity contribution in [3.8, 4) is 0 Å². The van der Waals surface area contributed by atoms with E-state index in [1.54, 1.807) is 12.3 Å². The lowest BCUT2D eigenvalue weighted by Gasteiger charge is -2.31. The number of aromatic amines is 1. The molecule has 5 nitrogen and oxygen atoms in total. The number of H-pyrrole nitrogens is 1. The van der Waals surface area contributed by atoms with Gasteiger partial charge < -0.3 is 0 Å². The fourth-order valence-corrected chi connectivity index (χ4v) is 4.53. The smallest absolute Gasteiger partial charge is 0.245 e. The van der Waals surface area contributed by atoms with E-state index in [0.29, 0.717) is 13.1 Å². The van der Waals surface area contributed by atoms with Crippen LogP contribution >= 0.6 is 0 Å². The molecule has 0 saturated carbocycles. The summed E-state index contributed by atoms with van der Waals surface area (Å²) in [5.41, 5.74) is 0.995. The maximum Gasteiger partial charge on any atom is 0.245 e. The van der Waals surface area contributed by atoms with Crippen molar-refractivity contribution in [3.05, 3.63) is 48.0 Å². The molecule has 7 heteroatoms. The van der Waals surface area contributed by atoms with Gasteiger partial charge in [-0.3, -0.25) is 5.10 Å². The number of hydrogen-bond donors (Lipinski definition) is 1. The van der Waals surface area contributed by atoms with E-state index >= 15 is 0 Å². The van der Waals surface area contributed by atoms with Crippen molar-refractivity contribution in [2.75, 3.05) is 13.1 Å².